The summed E-state index contributed by atoms with van der Waals surface area (Å²) < 4.78 is 96.1. The molecular formula is C17H14F5N5O4S. The molecular weight excluding hydrogens is 465 g/mol. The highest BCUT2D eigenvalue weighted by Crippen LogP contribution is 2.43. The highest BCUT2D eigenvalue weighted by Gasteiger charge is 2.60. The molecule has 0 radical (unpaired) electrons. The number of pyridine rings is 1. The Kier molecular flexibility index (Phi) is 5.65. The predicted molar refractivity (Wildman–Crippen MR) is 98.6 cm³/mol. The van der Waals surface area contributed by atoms with Crippen molar-refractivity contribution in [1.29, 1.82) is 0 Å². The molecule has 0 saturated carbocycles. The quantitative estimate of drug-likeness (QED) is 0.405. The molecule has 0 aliphatic rings. The van der Waals surface area contributed by atoms with E-state index in [0.717, 1.165) is 23.8 Å². The molecule has 0 amide bonds. The number of alkyl halides is 5. The first kappa shape index (κ1) is 23.4. The first-order valence-corrected chi connectivity index (χ1v) is 10.4. The smallest absolute Gasteiger partial charge is 0.459 e. The molecule has 0 aromatic carbocycles. The molecule has 172 valence electrons. The SMILES string of the molecule is CCS(=O)(=O)c1ccc(C(=O)OC)nc1-c1nc2cc(C(F)(F)C(F)(F)F)nnc2n1C. The third kappa shape index (κ3) is 3.76. The maximum Gasteiger partial charge on any atom is 0.459 e. The van der Waals surface area contributed by atoms with Crippen LogP contribution in [0, 0.1) is 0 Å². The van der Waals surface area contributed by atoms with E-state index in [-0.39, 0.29) is 33.5 Å². The van der Waals surface area contributed by atoms with E-state index in [1.807, 2.05) is 0 Å². The van der Waals surface area contributed by atoms with Crippen LogP contribution in [0.3, 0.4) is 0 Å². The Morgan fingerprint density at radius 1 is 1.12 bits per heavy atom. The van der Waals surface area contributed by atoms with E-state index in [1.165, 1.54) is 14.0 Å². The van der Waals surface area contributed by atoms with Gasteiger partial charge in [0.15, 0.2) is 21.3 Å². The Morgan fingerprint density at radius 3 is 2.34 bits per heavy atom. The molecule has 0 spiro atoms. The number of nitrogens with zero attached hydrogens (tertiary/aromatic N) is 5. The number of hydrogen-bond acceptors (Lipinski definition) is 8. The number of aryl methyl sites for hydroxylation is 1. The third-order valence-corrected chi connectivity index (χ3v) is 6.23. The van der Waals surface area contributed by atoms with Crippen LogP contribution >= 0.6 is 0 Å². The first-order valence-electron chi connectivity index (χ1n) is 8.72. The normalized spacial score (nSPS) is 12.9. The van der Waals surface area contributed by atoms with E-state index < -0.39 is 39.1 Å². The second-order valence-corrected chi connectivity index (χ2v) is 8.69. The summed E-state index contributed by atoms with van der Waals surface area (Å²) >= 11 is 0. The number of carbonyl (C=O) groups excluding carboxylic acids is 1. The lowest BCUT2D eigenvalue weighted by molar-refractivity contribution is -0.291. The van der Waals surface area contributed by atoms with Gasteiger partial charge in [-0.1, -0.05) is 6.92 Å². The van der Waals surface area contributed by atoms with Gasteiger partial charge in [0.1, 0.15) is 22.6 Å². The fourth-order valence-electron chi connectivity index (χ4n) is 2.73. The largest absolute Gasteiger partial charge is 0.464 e. The zero-order valence-electron chi connectivity index (χ0n) is 16.6. The summed E-state index contributed by atoms with van der Waals surface area (Å²) in [6, 6.07) is 2.61. The van der Waals surface area contributed by atoms with Crippen molar-refractivity contribution in [3.05, 3.63) is 29.6 Å². The van der Waals surface area contributed by atoms with Crippen LogP contribution in [-0.2, 0) is 27.5 Å². The van der Waals surface area contributed by atoms with Gasteiger partial charge in [-0.2, -0.15) is 22.0 Å². The zero-order chi connectivity index (χ0) is 24.1. The Balaban J connectivity index is 2.30. The number of aromatic nitrogens is 5. The van der Waals surface area contributed by atoms with E-state index in [2.05, 4.69) is 24.9 Å². The second kappa shape index (κ2) is 7.72. The maximum atomic E-state index is 13.7. The van der Waals surface area contributed by atoms with Gasteiger partial charge < -0.3 is 9.30 Å². The molecule has 3 aromatic heterocycles. The summed E-state index contributed by atoms with van der Waals surface area (Å²) in [4.78, 5) is 19.5. The van der Waals surface area contributed by atoms with E-state index >= 15 is 0 Å². The number of methoxy groups -OCH3 is 1. The van der Waals surface area contributed by atoms with Crippen LogP contribution in [0.4, 0.5) is 22.0 Å². The third-order valence-electron chi connectivity index (χ3n) is 4.47. The van der Waals surface area contributed by atoms with Crippen molar-refractivity contribution in [1.82, 2.24) is 24.7 Å². The average molecular weight is 479 g/mol. The van der Waals surface area contributed by atoms with Gasteiger partial charge in [0.25, 0.3) is 0 Å². The van der Waals surface area contributed by atoms with Crippen LogP contribution in [0.5, 0.6) is 0 Å². The highest BCUT2D eigenvalue weighted by atomic mass is 32.2. The van der Waals surface area contributed by atoms with Crippen LogP contribution in [0.25, 0.3) is 22.7 Å². The molecule has 3 heterocycles. The maximum absolute atomic E-state index is 13.7. The highest BCUT2D eigenvalue weighted by molar-refractivity contribution is 7.91. The summed E-state index contributed by atoms with van der Waals surface area (Å²) in [5, 5.41) is 6.36. The Bertz CT molecular complexity index is 1320. The molecule has 3 rings (SSSR count). The molecule has 9 nitrogen and oxygen atoms in total. The van der Waals surface area contributed by atoms with Gasteiger partial charge in [-0.3, -0.25) is 0 Å². The fraction of sp³-hybridized carbons (Fsp3) is 0.353. The standard InChI is InChI=1S/C17H14F5N5O4S/c1-4-32(29,30)10-6-5-8(15(28)31-3)23-12(10)14-24-9-7-11(16(18,19)17(20,21)22)25-26-13(9)27(14)2/h5-7H,4H2,1-3H3. The molecule has 0 unspecified atom stereocenters. The average Bonchev–Trinajstić information content (AvgIpc) is 3.07. The number of hydrogen-bond donors (Lipinski definition) is 0. The molecule has 0 N–H and O–H groups in total. The van der Waals surface area contributed by atoms with Crippen LogP contribution < -0.4 is 0 Å². The minimum absolute atomic E-state index is 0.216. The van der Waals surface area contributed by atoms with Crippen molar-refractivity contribution < 1.29 is 39.9 Å². The van der Waals surface area contributed by atoms with Gasteiger partial charge in [0, 0.05) is 7.05 Å². The number of imidazole rings is 1. The number of carbonyl (C=O) groups is 1. The van der Waals surface area contributed by atoms with E-state index in [0.29, 0.717) is 6.07 Å². The van der Waals surface area contributed by atoms with Crippen molar-refractivity contribution in [2.75, 3.05) is 12.9 Å². The number of fused-ring (bicyclic) bond motifs is 1. The van der Waals surface area contributed by atoms with Gasteiger partial charge in [0.05, 0.1) is 17.8 Å². The Hall–Kier alpha value is -3.23. The molecule has 0 saturated heterocycles. The molecule has 32 heavy (non-hydrogen) atoms. The summed E-state index contributed by atoms with van der Waals surface area (Å²) in [6.07, 6.45) is -5.91. The zero-order valence-corrected chi connectivity index (χ0v) is 17.4. The fourth-order valence-corrected chi connectivity index (χ4v) is 3.75. The molecule has 0 atom stereocenters. The predicted octanol–water partition coefficient (Wildman–Crippen LogP) is 2.66. The number of sulfone groups is 1. The van der Waals surface area contributed by atoms with Crippen LogP contribution in [0.2, 0.25) is 0 Å². The van der Waals surface area contributed by atoms with Crippen molar-refractivity contribution in [3.63, 3.8) is 0 Å². The lowest BCUT2D eigenvalue weighted by atomic mass is 10.2. The minimum Gasteiger partial charge on any atom is -0.464 e. The number of esters is 1. The van der Waals surface area contributed by atoms with Crippen LogP contribution in [-0.4, -0.2) is 58.2 Å². The van der Waals surface area contributed by atoms with Crippen LogP contribution in [0.15, 0.2) is 23.1 Å². The van der Waals surface area contributed by atoms with Crippen molar-refractivity contribution in [3.8, 4) is 11.5 Å². The lowest BCUT2D eigenvalue weighted by Gasteiger charge is -2.17. The molecule has 0 aliphatic heterocycles. The monoisotopic (exact) mass is 479 g/mol. The van der Waals surface area contributed by atoms with E-state index in [4.69, 9.17) is 0 Å². The van der Waals surface area contributed by atoms with Gasteiger partial charge in [-0.15, -0.1) is 10.2 Å². The van der Waals surface area contributed by atoms with Gasteiger partial charge in [-0.05, 0) is 18.2 Å². The van der Waals surface area contributed by atoms with Crippen molar-refractivity contribution >= 4 is 27.0 Å². The molecule has 3 aromatic rings. The Morgan fingerprint density at radius 2 is 1.78 bits per heavy atom. The van der Waals surface area contributed by atoms with Crippen LogP contribution in [0.1, 0.15) is 23.1 Å². The number of rotatable bonds is 5. The first-order chi connectivity index (χ1) is 14.7. The van der Waals surface area contributed by atoms with E-state index in [1.54, 1.807) is 0 Å². The summed E-state index contributed by atoms with van der Waals surface area (Å²) in [7, 11) is -1.53. The lowest BCUT2D eigenvalue weighted by Crippen LogP contribution is -2.34. The summed E-state index contributed by atoms with van der Waals surface area (Å²) in [6.45, 7) is 1.36. The van der Waals surface area contributed by atoms with Gasteiger partial charge in [-0.25, -0.2) is 23.2 Å². The number of ether oxygens (including phenoxy) is 1. The Labute approximate surface area is 177 Å². The summed E-state index contributed by atoms with van der Waals surface area (Å²) in [5.74, 6) is -6.77. The van der Waals surface area contributed by atoms with Crippen molar-refractivity contribution in [2.24, 2.45) is 7.05 Å². The molecule has 0 fully saturated rings. The van der Waals surface area contributed by atoms with E-state index in [9.17, 15) is 35.2 Å². The molecule has 0 bridgehead atoms. The molecule has 15 heteroatoms. The van der Waals surface area contributed by atoms with Gasteiger partial charge in [0.2, 0.25) is 0 Å². The topological polar surface area (TPSA) is 117 Å². The van der Waals surface area contributed by atoms with Gasteiger partial charge >= 0.3 is 18.1 Å². The number of halogens is 5. The molecule has 0 aliphatic carbocycles. The summed E-state index contributed by atoms with van der Waals surface area (Å²) in [5.41, 5.74) is -2.92. The minimum atomic E-state index is -5.91. The van der Waals surface area contributed by atoms with Crippen molar-refractivity contribution in [2.45, 2.75) is 23.9 Å². The second-order valence-electron chi connectivity index (χ2n) is 6.44.